The van der Waals surface area contributed by atoms with Gasteiger partial charge in [0.2, 0.25) is 0 Å². The van der Waals surface area contributed by atoms with Gasteiger partial charge in [-0.1, -0.05) is 18.2 Å². The van der Waals surface area contributed by atoms with Crippen LogP contribution in [-0.4, -0.2) is 22.6 Å². The van der Waals surface area contributed by atoms with E-state index in [0.29, 0.717) is 18.4 Å². The summed E-state index contributed by atoms with van der Waals surface area (Å²) in [5.41, 5.74) is 1.28. The summed E-state index contributed by atoms with van der Waals surface area (Å²) in [6.45, 7) is 5.90. The standard InChI is InChI=1S/C19H21NO2S/c1-19(2,3)20-10-14-16(21)8-12(9-17(14)22)15-11-23-18-7-5-4-6-13(15)18/h4-7,10-12,21H,8-9H2,1-3H3. The van der Waals surface area contributed by atoms with Gasteiger partial charge in [0.25, 0.3) is 0 Å². The minimum absolute atomic E-state index is 0.0259. The molecule has 1 aromatic heterocycles. The van der Waals surface area contributed by atoms with Gasteiger partial charge >= 0.3 is 0 Å². The Labute approximate surface area is 140 Å². The average Bonchev–Trinajstić information content (AvgIpc) is 2.89. The maximum absolute atomic E-state index is 12.5. The molecule has 1 heterocycles. The summed E-state index contributed by atoms with van der Waals surface area (Å²) in [6, 6.07) is 8.21. The number of allylic oxidation sites excluding steroid dienone is 2. The van der Waals surface area contributed by atoms with E-state index < -0.39 is 0 Å². The molecule has 2 aromatic rings. The summed E-state index contributed by atoms with van der Waals surface area (Å²) < 4.78 is 1.22. The largest absolute Gasteiger partial charge is 0.511 e. The van der Waals surface area contributed by atoms with Crippen LogP contribution in [0.25, 0.3) is 10.1 Å². The maximum atomic E-state index is 12.5. The minimum atomic E-state index is -0.256. The van der Waals surface area contributed by atoms with E-state index in [1.807, 2.05) is 32.9 Å². The van der Waals surface area contributed by atoms with Crippen molar-refractivity contribution in [3.8, 4) is 0 Å². The number of aliphatic imine (C=N–C) groups is 1. The molecule has 0 bridgehead atoms. The van der Waals surface area contributed by atoms with E-state index in [2.05, 4.69) is 22.5 Å². The second-order valence-corrected chi connectivity index (χ2v) is 7.92. The highest BCUT2D eigenvalue weighted by Crippen LogP contribution is 2.39. The van der Waals surface area contributed by atoms with Crippen molar-refractivity contribution in [2.24, 2.45) is 4.99 Å². The molecule has 0 aliphatic heterocycles. The second kappa shape index (κ2) is 5.93. The predicted molar refractivity (Wildman–Crippen MR) is 96.7 cm³/mol. The van der Waals surface area contributed by atoms with Gasteiger partial charge < -0.3 is 5.11 Å². The number of hydrogen-bond acceptors (Lipinski definition) is 4. The van der Waals surface area contributed by atoms with Crippen LogP contribution >= 0.6 is 11.3 Å². The van der Waals surface area contributed by atoms with Crippen molar-refractivity contribution in [2.45, 2.75) is 45.1 Å². The van der Waals surface area contributed by atoms with Gasteiger partial charge in [0, 0.05) is 23.8 Å². The number of fused-ring (bicyclic) bond motifs is 1. The van der Waals surface area contributed by atoms with Crippen LogP contribution < -0.4 is 0 Å². The highest BCUT2D eigenvalue weighted by molar-refractivity contribution is 7.17. The molecule has 0 fully saturated rings. The number of nitrogens with zero attached hydrogens (tertiary/aromatic N) is 1. The number of ketones is 1. The summed E-state index contributed by atoms with van der Waals surface area (Å²) >= 11 is 1.69. The Balaban J connectivity index is 1.91. The Morgan fingerprint density at radius 1 is 1.26 bits per heavy atom. The molecule has 4 heteroatoms. The number of aliphatic hydroxyl groups excluding tert-OH is 1. The van der Waals surface area contributed by atoms with Gasteiger partial charge in [-0.2, -0.15) is 0 Å². The van der Waals surface area contributed by atoms with Crippen LogP contribution in [0.5, 0.6) is 0 Å². The molecule has 1 aromatic carbocycles. The zero-order valence-electron chi connectivity index (χ0n) is 13.7. The van der Waals surface area contributed by atoms with E-state index in [4.69, 9.17) is 0 Å². The fourth-order valence-electron chi connectivity index (χ4n) is 2.85. The quantitative estimate of drug-likeness (QED) is 0.787. The number of rotatable bonds is 2. The lowest BCUT2D eigenvalue weighted by atomic mass is 9.83. The minimum Gasteiger partial charge on any atom is -0.511 e. The van der Waals surface area contributed by atoms with Crippen LogP contribution in [-0.2, 0) is 4.79 Å². The lowest BCUT2D eigenvalue weighted by Crippen LogP contribution is -2.20. The van der Waals surface area contributed by atoms with Gasteiger partial charge in [0.1, 0.15) is 5.76 Å². The van der Waals surface area contributed by atoms with Crippen molar-refractivity contribution in [1.82, 2.24) is 0 Å². The summed E-state index contributed by atoms with van der Waals surface area (Å²) in [4.78, 5) is 16.8. The molecular weight excluding hydrogens is 306 g/mol. The van der Waals surface area contributed by atoms with Gasteiger partial charge in [-0.25, -0.2) is 0 Å². The molecule has 1 atom stereocenters. The third-order valence-corrected chi connectivity index (χ3v) is 5.00. The molecule has 23 heavy (non-hydrogen) atoms. The number of aliphatic hydroxyl groups is 1. The van der Waals surface area contributed by atoms with E-state index >= 15 is 0 Å². The van der Waals surface area contributed by atoms with E-state index in [9.17, 15) is 9.90 Å². The molecule has 1 aliphatic rings. The highest BCUT2D eigenvalue weighted by Gasteiger charge is 2.29. The number of carbonyl (C=O) groups excluding carboxylic acids is 1. The van der Waals surface area contributed by atoms with Gasteiger partial charge in [-0.15, -0.1) is 11.3 Å². The van der Waals surface area contributed by atoms with Crippen molar-refractivity contribution >= 4 is 33.4 Å². The van der Waals surface area contributed by atoms with E-state index in [1.165, 1.54) is 10.1 Å². The van der Waals surface area contributed by atoms with Gasteiger partial charge in [0.05, 0.1) is 11.1 Å². The molecule has 3 rings (SSSR count). The smallest absolute Gasteiger partial charge is 0.168 e. The Bertz CT molecular complexity index is 808. The Morgan fingerprint density at radius 2 is 2.00 bits per heavy atom. The number of carbonyl (C=O) groups is 1. The van der Waals surface area contributed by atoms with Crippen LogP contribution in [0.15, 0.2) is 46.0 Å². The fraction of sp³-hybridized carbons (Fsp3) is 0.368. The molecule has 0 amide bonds. The first-order chi connectivity index (χ1) is 10.8. The molecule has 1 N–H and O–H groups in total. The van der Waals surface area contributed by atoms with Crippen molar-refractivity contribution in [2.75, 3.05) is 0 Å². The van der Waals surface area contributed by atoms with Crippen LogP contribution in [0.3, 0.4) is 0 Å². The van der Waals surface area contributed by atoms with Crippen LogP contribution in [0.2, 0.25) is 0 Å². The van der Waals surface area contributed by atoms with Crippen molar-refractivity contribution in [3.63, 3.8) is 0 Å². The normalized spacial score (nSPS) is 20.0. The summed E-state index contributed by atoms with van der Waals surface area (Å²) in [6.07, 6.45) is 2.47. The zero-order chi connectivity index (χ0) is 16.6. The summed E-state index contributed by atoms with van der Waals surface area (Å²) in [7, 11) is 0. The van der Waals surface area contributed by atoms with Crippen LogP contribution in [0.4, 0.5) is 0 Å². The number of hydrogen-bond donors (Lipinski definition) is 1. The maximum Gasteiger partial charge on any atom is 0.168 e. The Kier molecular flexibility index (Phi) is 4.11. The monoisotopic (exact) mass is 327 g/mol. The molecule has 1 aliphatic carbocycles. The second-order valence-electron chi connectivity index (χ2n) is 7.00. The molecule has 1 unspecified atom stereocenters. The zero-order valence-corrected chi connectivity index (χ0v) is 14.5. The average molecular weight is 327 g/mol. The predicted octanol–water partition coefficient (Wildman–Crippen LogP) is 5.03. The first-order valence-electron chi connectivity index (χ1n) is 7.82. The van der Waals surface area contributed by atoms with Gasteiger partial charge in [0.15, 0.2) is 5.78 Å². The van der Waals surface area contributed by atoms with Gasteiger partial charge in [-0.05, 0) is 49.1 Å². The summed E-state index contributed by atoms with van der Waals surface area (Å²) in [5, 5.41) is 13.7. The lowest BCUT2D eigenvalue weighted by molar-refractivity contribution is -0.116. The molecule has 3 nitrogen and oxygen atoms in total. The number of thiophene rings is 1. The molecule has 120 valence electrons. The van der Waals surface area contributed by atoms with Crippen molar-refractivity contribution in [3.05, 3.63) is 46.5 Å². The number of benzene rings is 1. The van der Waals surface area contributed by atoms with Crippen molar-refractivity contribution < 1.29 is 9.90 Å². The Morgan fingerprint density at radius 3 is 2.70 bits per heavy atom. The lowest BCUT2D eigenvalue weighted by Gasteiger charge is -2.22. The SMILES string of the molecule is CC(C)(C)N=CC1=C(O)CC(c2csc3ccccc23)CC1=O. The third kappa shape index (κ3) is 3.37. The third-order valence-electron chi connectivity index (χ3n) is 4.01. The summed E-state index contributed by atoms with van der Waals surface area (Å²) in [5.74, 6) is 0.182. The first-order valence-corrected chi connectivity index (χ1v) is 8.70. The van der Waals surface area contributed by atoms with E-state index in [0.717, 1.165) is 5.56 Å². The van der Waals surface area contributed by atoms with Crippen LogP contribution in [0.1, 0.15) is 45.1 Å². The van der Waals surface area contributed by atoms with Gasteiger partial charge in [-0.3, -0.25) is 9.79 Å². The number of Topliss-reactive ketones (excluding diaryl/α,β-unsaturated/α-hetero) is 1. The van der Waals surface area contributed by atoms with Crippen LogP contribution in [0, 0.1) is 0 Å². The molecule has 0 saturated heterocycles. The molecule has 0 radical (unpaired) electrons. The highest BCUT2D eigenvalue weighted by atomic mass is 32.1. The van der Waals surface area contributed by atoms with Crippen molar-refractivity contribution in [1.29, 1.82) is 0 Å². The topological polar surface area (TPSA) is 49.7 Å². The van der Waals surface area contributed by atoms with E-state index in [-0.39, 0.29) is 23.0 Å². The first kappa shape index (κ1) is 15.9. The Hall–Kier alpha value is -1.94. The molecule has 0 saturated carbocycles. The molecular formula is C19H21NO2S. The fourth-order valence-corrected chi connectivity index (χ4v) is 3.89. The molecule has 0 spiro atoms. The van der Waals surface area contributed by atoms with E-state index in [1.54, 1.807) is 17.6 Å².